The molecular formula is C4H6N2O. The summed E-state index contributed by atoms with van der Waals surface area (Å²) in [5, 5.41) is 9.43. The molecule has 38 valence electrons. The van der Waals surface area contributed by atoms with Gasteiger partial charge in [-0.2, -0.15) is 0 Å². The highest BCUT2D eigenvalue weighted by molar-refractivity contribution is 5.55. The summed E-state index contributed by atoms with van der Waals surface area (Å²) in [5.74, 6) is 0. The Bertz CT molecular complexity index is 96.3. The van der Waals surface area contributed by atoms with Gasteiger partial charge in [-0.15, -0.1) is 0 Å². The predicted molar refractivity (Wildman–Crippen MR) is 26.1 cm³/mol. The van der Waals surface area contributed by atoms with Crippen LogP contribution in [0.3, 0.4) is 0 Å². The van der Waals surface area contributed by atoms with E-state index >= 15 is 0 Å². The molecule has 0 spiro atoms. The predicted octanol–water partition coefficient (Wildman–Crippen LogP) is 0.233. The lowest BCUT2D eigenvalue weighted by molar-refractivity contribution is 0.0422. The Hall–Kier alpha value is -0.830. The molecule has 0 aromatic carbocycles. The molecule has 0 fully saturated rings. The Kier molecular flexibility index (Phi) is 1.08. The first-order valence-electron chi connectivity index (χ1n) is 2.03. The van der Waals surface area contributed by atoms with Crippen molar-refractivity contribution in [2.24, 2.45) is 4.99 Å². The van der Waals surface area contributed by atoms with Gasteiger partial charge in [0.1, 0.15) is 6.34 Å². The second-order valence-electron chi connectivity index (χ2n) is 1.25. The summed E-state index contributed by atoms with van der Waals surface area (Å²) in [7, 11) is 0. The lowest BCUT2D eigenvalue weighted by Crippen LogP contribution is -2.11. The molecule has 0 bridgehead atoms. The van der Waals surface area contributed by atoms with E-state index < -0.39 is 0 Å². The molecule has 3 heteroatoms. The van der Waals surface area contributed by atoms with Crippen LogP contribution in [0.25, 0.3) is 0 Å². The Balaban J connectivity index is 2.49. The fraction of sp³-hybridized carbons (Fsp3) is 0.250. The zero-order chi connectivity index (χ0) is 5.11. The second kappa shape index (κ2) is 1.75. The highest BCUT2D eigenvalue weighted by Crippen LogP contribution is 1.85. The fourth-order valence-corrected chi connectivity index (χ4v) is 0.385. The first kappa shape index (κ1) is 4.33. The molecule has 0 aromatic rings. The Morgan fingerprint density at radius 1 is 1.71 bits per heavy atom. The number of hydrogen-bond acceptors (Lipinski definition) is 3. The Morgan fingerprint density at radius 3 is 2.86 bits per heavy atom. The molecule has 0 aliphatic carbocycles. The van der Waals surface area contributed by atoms with E-state index in [0.29, 0.717) is 6.54 Å². The van der Waals surface area contributed by atoms with Crippen LogP contribution in [0.2, 0.25) is 0 Å². The van der Waals surface area contributed by atoms with Gasteiger partial charge in [0.05, 0.1) is 6.54 Å². The molecule has 0 saturated carbocycles. The van der Waals surface area contributed by atoms with Crippen molar-refractivity contribution in [3.8, 4) is 0 Å². The normalized spacial score (nSPS) is 18.1. The SMILES string of the molecule is ON1C=CCN=C1. The summed E-state index contributed by atoms with van der Waals surface area (Å²) in [6.45, 7) is 0.678. The third-order valence-electron chi connectivity index (χ3n) is 0.669. The monoisotopic (exact) mass is 98.0 g/mol. The number of hydroxylamine groups is 2. The van der Waals surface area contributed by atoms with Gasteiger partial charge in [0.2, 0.25) is 0 Å². The van der Waals surface area contributed by atoms with Crippen molar-refractivity contribution < 1.29 is 5.21 Å². The molecule has 1 N–H and O–H groups in total. The highest BCUT2D eigenvalue weighted by atomic mass is 16.5. The molecule has 1 aliphatic heterocycles. The van der Waals surface area contributed by atoms with E-state index in [1.807, 2.05) is 0 Å². The molecule has 0 radical (unpaired) electrons. The standard InChI is InChI=1S/C4H6N2O/c7-6-3-1-2-5-4-6/h1,3-4,7H,2H2. The maximum absolute atomic E-state index is 8.51. The van der Waals surface area contributed by atoms with E-state index in [1.165, 1.54) is 6.34 Å². The van der Waals surface area contributed by atoms with Gasteiger partial charge in [-0.25, -0.2) is 5.06 Å². The molecule has 0 saturated heterocycles. The van der Waals surface area contributed by atoms with Crippen LogP contribution in [0.15, 0.2) is 17.3 Å². The van der Waals surface area contributed by atoms with E-state index in [2.05, 4.69) is 4.99 Å². The van der Waals surface area contributed by atoms with E-state index in [0.717, 1.165) is 5.06 Å². The van der Waals surface area contributed by atoms with Gasteiger partial charge in [-0.1, -0.05) is 0 Å². The quantitative estimate of drug-likeness (QED) is 0.471. The summed E-state index contributed by atoms with van der Waals surface area (Å²) >= 11 is 0. The largest absolute Gasteiger partial charge is 0.283 e. The molecular weight excluding hydrogens is 92.1 g/mol. The molecule has 1 heterocycles. The maximum Gasteiger partial charge on any atom is 0.115 e. The topological polar surface area (TPSA) is 35.8 Å². The van der Waals surface area contributed by atoms with Crippen LogP contribution in [-0.2, 0) is 0 Å². The highest BCUT2D eigenvalue weighted by Gasteiger charge is 1.87. The van der Waals surface area contributed by atoms with Crippen molar-refractivity contribution in [3.05, 3.63) is 12.3 Å². The molecule has 0 aromatic heterocycles. The van der Waals surface area contributed by atoms with Crippen molar-refractivity contribution >= 4 is 6.34 Å². The number of aliphatic imine (C=N–C) groups is 1. The minimum absolute atomic E-state index is 0.678. The second-order valence-corrected chi connectivity index (χ2v) is 1.25. The third-order valence-corrected chi connectivity index (χ3v) is 0.669. The van der Waals surface area contributed by atoms with Gasteiger partial charge >= 0.3 is 0 Å². The minimum Gasteiger partial charge on any atom is -0.283 e. The summed E-state index contributed by atoms with van der Waals surface area (Å²) in [4.78, 5) is 3.72. The average Bonchev–Trinajstić information content (AvgIpc) is 1.69. The smallest absolute Gasteiger partial charge is 0.115 e. The van der Waals surface area contributed by atoms with Gasteiger partial charge < -0.3 is 0 Å². The van der Waals surface area contributed by atoms with Crippen molar-refractivity contribution in [2.45, 2.75) is 0 Å². The molecule has 0 unspecified atom stereocenters. The lowest BCUT2D eigenvalue weighted by atomic mass is 10.6. The van der Waals surface area contributed by atoms with Crippen molar-refractivity contribution in [2.75, 3.05) is 6.54 Å². The maximum atomic E-state index is 8.51. The molecule has 3 nitrogen and oxygen atoms in total. The van der Waals surface area contributed by atoms with E-state index in [-0.39, 0.29) is 0 Å². The summed E-state index contributed by atoms with van der Waals surface area (Å²) in [6.07, 6.45) is 4.67. The fourth-order valence-electron chi connectivity index (χ4n) is 0.385. The van der Waals surface area contributed by atoms with Crippen LogP contribution in [0, 0.1) is 0 Å². The van der Waals surface area contributed by atoms with E-state index in [1.54, 1.807) is 12.3 Å². The molecule has 0 amide bonds. The summed E-state index contributed by atoms with van der Waals surface area (Å²) in [5.41, 5.74) is 0. The molecule has 1 rings (SSSR count). The first-order valence-corrected chi connectivity index (χ1v) is 2.03. The van der Waals surface area contributed by atoms with Crippen molar-refractivity contribution in [3.63, 3.8) is 0 Å². The van der Waals surface area contributed by atoms with Crippen molar-refractivity contribution in [1.29, 1.82) is 0 Å². The van der Waals surface area contributed by atoms with Crippen LogP contribution in [0.5, 0.6) is 0 Å². The van der Waals surface area contributed by atoms with Gasteiger partial charge in [0.15, 0.2) is 0 Å². The van der Waals surface area contributed by atoms with Crippen molar-refractivity contribution in [1.82, 2.24) is 5.06 Å². The van der Waals surface area contributed by atoms with Crippen LogP contribution in [-0.4, -0.2) is 23.2 Å². The number of rotatable bonds is 0. The van der Waals surface area contributed by atoms with Crippen LogP contribution >= 0.6 is 0 Å². The van der Waals surface area contributed by atoms with E-state index in [9.17, 15) is 0 Å². The zero-order valence-electron chi connectivity index (χ0n) is 3.78. The molecule has 0 atom stereocenters. The Morgan fingerprint density at radius 2 is 2.57 bits per heavy atom. The van der Waals surface area contributed by atoms with Crippen LogP contribution in [0.1, 0.15) is 0 Å². The minimum atomic E-state index is 0.678. The van der Waals surface area contributed by atoms with Gasteiger partial charge in [-0.05, 0) is 6.08 Å². The average molecular weight is 98.1 g/mol. The lowest BCUT2D eigenvalue weighted by Gasteiger charge is -2.05. The molecule has 1 aliphatic rings. The molecule has 7 heavy (non-hydrogen) atoms. The van der Waals surface area contributed by atoms with Crippen LogP contribution in [0.4, 0.5) is 0 Å². The van der Waals surface area contributed by atoms with E-state index in [4.69, 9.17) is 5.21 Å². The zero-order valence-corrected chi connectivity index (χ0v) is 3.78. The summed E-state index contributed by atoms with van der Waals surface area (Å²) in [6, 6.07) is 0. The van der Waals surface area contributed by atoms with Gasteiger partial charge in [-0.3, -0.25) is 10.2 Å². The van der Waals surface area contributed by atoms with Gasteiger partial charge in [0, 0.05) is 6.20 Å². The third kappa shape index (κ3) is 1.01. The summed E-state index contributed by atoms with van der Waals surface area (Å²) < 4.78 is 0. The van der Waals surface area contributed by atoms with Gasteiger partial charge in [0.25, 0.3) is 0 Å². The Labute approximate surface area is 41.5 Å². The van der Waals surface area contributed by atoms with Crippen LogP contribution < -0.4 is 0 Å². The number of nitrogens with zero attached hydrogens (tertiary/aromatic N) is 2. The number of hydrogen-bond donors (Lipinski definition) is 1. The first-order chi connectivity index (χ1) is 3.39.